The first-order valence-electron chi connectivity index (χ1n) is 5.06. The van der Waals surface area contributed by atoms with Gasteiger partial charge in [-0.05, 0) is 13.3 Å². The number of hydrogen-bond acceptors (Lipinski definition) is 3. The number of nitrogens with zero attached hydrogens (tertiary/aromatic N) is 2. The summed E-state index contributed by atoms with van der Waals surface area (Å²) in [6.07, 6.45) is 3.95. The molecule has 1 unspecified atom stereocenters. The second-order valence-electron chi connectivity index (χ2n) is 3.22. The van der Waals surface area contributed by atoms with E-state index in [9.17, 15) is 5.11 Å². The van der Waals surface area contributed by atoms with Gasteiger partial charge in [0.15, 0.2) is 0 Å². The highest BCUT2D eigenvalue weighted by Gasteiger charge is 2.09. The van der Waals surface area contributed by atoms with Gasteiger partial charge in [0, 0.05) is 24.9 Å². The van der Waals surface area contributed by atoms with E-state index in [1.165, 1.54) is 0 Å². The number of ether oxygens (including phenoxy) is 1. The minimum atomic E-state index is -0.554. The van der Waals surface area contributed by atoms with E-state index in [4.69, 9.17) is 4.74 Å². The van der Waals surface area contributed by atoms with Gasteiger partial charge in [-0.25, -0.2) is 0 Å². The molecule has 1 atom stereocenters. The first-order valence-corrected chi connectivity index (χ1v) is 5.06. The number of aromatic nitrogens is 2. The Kier molecular flexibility index (Phi) is 4.62. The SMILES string of the molecule is CCCOCC(O)c1cnn(CC)c1. The van der Waals surface area contributed by atoms with Crippen LogP contribution in [0.15, 0.2) is 12.4 Å². The fraction of sp³-hybridized carbons (Fsp3) is 0.700. The van der Waals surface area contributed by atoms with Crippen molar-refractivity contribution >= 4 is 0 Å². The zero-order valence-corrected chi connectivity index (χ0v) is 8.81. The van der Waals surface area contributed by atoms with E-state index in [2.05, 4.69) is 5.10 Å². The van der Waals surface area contributed by atoms with Crippen molar-refractivity contribution in [2.24, 2.45) is 0 Å². The lowest BCUT2D eigenvalue weighted by Gasteiger charge is -2.08. The molecule has 14 heavy (non-hydrogen) atoms. The predicted octanol–water partition coefficient (Wildman–Crippen LogP) is 1.36. The number of aryl methyl sites for hydroxylation is 1. The van der Waals surface area contributed by atoms with Crippen LogP contribution in [-0.4, -0.2) is 28.1 Å². The summed E-state index contributed by atoms with van der Waals surface area (Å²) in [6, 6.07) is 0. The molecular formula is C10H18N2O2. The fourth-order valence-electron chi connectivity index (χ4n) is 1.16. The van der Waals surface area contributed by atoms with Crippen LogP contribution in [0.2, 0.25) is 0 Å². The van der Waals surface area contributed by atoms with Gasteiger partial charge in [0.1, 0.15) is 6.10 Å². The third-order valence-corrected chi connectivity index (χ3v) is 1.99. The molecule has 0 bridgehead atoms. The summed E-state index contributed by atoms with van der Waals surface area (Å²) in [6.45, 7) is 5.92. The Balaban J connectivity index is 2.39. The molecule has 1 aromatic heterocycles. The summed E-state index contributed by atoms with van der Waals surface area (Å²) in [7, 11) is 0. The molecule has 0 radical (unpaired) electrons. The van der Waals surface area contributed by atoms with E-state index < -0.39 is 6.10 Å². The molecule has 80 valence electrons. The molecule has 0 aliphatic carbocycles. The minimum Gasteiger partial charge on any atom is -0.386 e. The van der Waals surface area contributed by atoms with Gasteiger partial charge >= 0.3 is 0 Å². The topological polar surface area (TPSA) is 47.3 Å². The van der Waals surface area contributed by atoms with E-state index in [0.717, 1.165) is 18.5 Å². The van der Waals surface area contributed by atoms with Crippen LogP contribution in [0.1, 0.15) is 31.9 Å². The fourth-order valence-corrected chi connectivity index (χ4v) is 1.16. The highest BCUT2D eigenvalue weighted by Crippen LogP contribution is 2.11. The molecule has 0 spiro atoms. The molecule has 4 heteroatoms. The van der Waals surface area contributed by atoms with Crippen LogP contribution >= 0.6 is 0 Å². The average Bonchev–Trinajstić information content (AvgIpc) is 2.66. The van der Waals surface area contributed by atoms with Crippen molar-refractivity contribution in [3.63, 3.8) is 0 Å². The smallest absolute Gasteiger partial charge is 0.105 e. The Morgan fingerprint density at radius 2 is 2.36 bits per heavy atom. The molecule has 0 saturated heterocycles. The average molecular weight is 198 g/mol. The standard InChI is InChI=1S/C10H18N2O2/c1-3-5-14-8-10(13)9-6-11-12(4-2)7-9/h6-7,10,13H,3-5,8H2,1-2H3. The second kappa shape index (κ2) is 5.78. The first kappa shape index (κ1) is 11.2. The molecule has 0 amide bonds. The minimum absolute atomic E-state index is 0.350. The highest BCUT2D eigenvalue weighted by atomic mass is 16.5. The molecule has 0 aliphatic rings. The molecule has 0 aromatic carbocycles. The summed E-state index contributed by atoms with van der Waals surface area (Å²) in [5, 5.41) is 13.8. The maximum Gasteiger partial charge on any atom is 0.105 e. The van der Waals surface area contributed by atoms with Gasteiger partial charge in [0.2, 0.25) is 0 Å². The second-order valence-corrected chi connectivity index (χ2v) is 3.22. The summed E-state index contributed by atoms with van der Waals surface area (Å²) in [5.74, 6) is 0. The lowest BCUT2D eigenvalue weighted by Crippen LogP contribution is -2.07. The molecule has 4 nitrogen and oxygen atoms in total. The van der Waals surface area contributed by atoms with Crippen LogP contribution in [-0.2, 0) is 11.3 Å². The van der Waals surface area contributed by atoms with Crippen LogP contribution in [0.5, 0.6) is 0 Å². The van der Waals surface area contributed by atoms with Crippen molar-refractivity contribution < 1.29 is 9.84 Å². The van der Waals surface area contributed by atoms with Crippen molar-refractivity contribution in [3.05, 3.63) is 18.0 Å². The Morgan fingerprint density at radius 1 is 1.57 bits per heavy atom. The molecule has 1 heterocycles. The maximum atomic E-state index is 9.68. The Labute approximate surface area is 84.5 Å². The molecule has 0 aliphatic heterocycles. The van der Waals surface area contributed by atoms with Crippen LogP contribution in [0.3, 0.4) is 0 Å². The molecule has 1 rings (SSSR count). The summed E-state index contributed by atoms with van der Waals surface area (Å²) in [4.78, 5) is 0. The largest absolute Gasteiger partial charge is 0.386 e. The zero-order valence-electron chi connectivity index (χ0n) is 8.81. The Bertz CT molecular complexity index is 260. The number of hydrogen-bond donors (Lipinski definition) is 1. The van der Waals surface area contributed by atoms with Gasteiger partial charge in [0.05, 0.1) is 12.8 Å². The Morgan fingerprint density at radius 3 is 2.93 bits per heavy atom. The van der Waals surface area contributed by atoms with Crippen LogP contribution in [0, 0.1) is 0 Å². The molecular weight excluding hydrogens is 180 g/mol. The molecule has 1 N–H and O–H groups in total. The lowest BCUT2D eigenvalue weighted by molar-refractivity contribution is 0.0363. The first-order chi connectivity index (χ1) is 6.77. The van der Waals surface area contributed by atoms with E-state index >= 15 is 0 Å². The molecule has 1 aromatic rings. The van der Waals surface area contributed by atoms with Gasteiger partial charge in [-0.15, -0.1) is 0 Å². The van der Waals surface area contributed by atoms with Crippen molar-refractivity contribution in [3.8, 4) is 0 Å². The number of aliphatic hydroxyl groups is 1. The van der Waals surface area contributed by atoms with Crippen molar-refractivity contribution in [2.45, 2.75) is 32.9 Å². The van der Waals surface area contributed by atoms with Crippen molar-refractivity contribution in [1.82, 2.24) is 9.78 Å². The van der Waals surface area contributed by atoms with Gasteiger partial charge < -0.3 is 9.84 Å². The number of aliphatic hydroxyl groups excluding tert-OH is 1. The highest BCUT2D eigenvalue weighted by molar-refractivity contribution is 5.07. The monoisotopic (exact) mass is 198 g/mol. The van der Waals surface area contributed by atoms with Crippen molar-refractivity contribution in [1.29, 1.82) is 0 Å². The van der Waals surface area contributed by atoms with Crippen LogP contribution in [0.4, 0.5) is 0 Å². The molecule has 0 saturated carbocycles. The summed E-state index contributed by atoms with van der Waals surface area (Å²) >= 11 is 0. The summed E-state index contributed by atoms with van der Waals surface area (Å²) in [5.41, 5.74) is 0.822. The van der Waals surface area contributed by atoms with Gasteiger partial charge in [-0.3, -0.25) is 4.68 Å². The van der Waals surface area contributed by atoms with Gasteiger partial charge in [0.25, 0.3) is 0 Å². The Hall–Kier alpha value is -0.870. The number of rotatable bonds is 6. The van der Waals surface area contributed by atoms with E-state index in [1.807, 2.05) is 20.0 Å². The van der Waals surface area contributed by atoms with E-state index in [0.29, 0.717) is 13.2 Å². The maximum absolute atomic E-state index is 9.68. The summed E-state index contributed by atoms with van der Waals surface area (Å²) < 4.78 is 7.04. The van der Waals surface area contributed by atoms with Crippen LogP contribution < -0.4 is 0 Å². The third-order valence-electron chi connectivity index (χ3n) is 1.99. The molecule has 0 fully saturated rings. The quantitative estimate of drug-likeness (QED) is 0.702. The predicted molar refractivity (Wildman–Crippen MR) is 54.0 cm³/mol. The normalized spacial score (nSPS) is 13.1. The lowest BCUT2D eigenvalue weighted by atomic mass is 10.2. The third kappa shape index (κ3) is 3.12. The van der Waals surface area contributed by atoms with Gasteiger partial charge in [-0.1, -0.05) is 6.92 Å². The van der Waals surface area contributed by atoms with E-state index in [1.54, 1.807) is 10.9 Å². The zero-order chi connectivity index (χ0) is 10.4. The van der Waals surface area contributed by atoms with Crippen LogP contribution in [0.25, 0.3) is 0 Å². The van der Waals surface area contributed by atoms with Gasteiger partial charge in [-0.2, -0.15) is 5.10 Å². The van der Waals surface area contributed by atoms with Crippen molar-refractivity contribution in [2.75, 3.05) is 13.2 Å². The van der Waals surface area contributed by atoms with E-state index in [-0.39, 0.29) is 0 Å².